The first-order chi connectivity index (χ1) is 13.1. The van der Waals surface area contributed by atoms with Gasteiger partial charge in [0.25, 0.3) is 5.91 Å². The summed E-state index contributed by atoms with van der Waals surface area (Å²) < 4.78 is 5.04. The van der Waals surface area contributed by atoms with Gasteiger partial charge in [0.1, 0.15) is 5.37 Å². The highest BCUT2D eigenvalue weighted by molar-refractivity contribution is 8.00. The molecule has 5 nitrogen and oxygen atoms in total. The van der Waals surface area contributed by atoms with Gasteiger partial charge >= 0.3 is 0 Å². The molecule has 142 valence electrons. The Bertz CT molecular complexity index is 780. The van der Waals surface area contributed by atoms with Gasteiger partial charge in [-0.2, -0.15) is 0 Å². The number of amides is 2. The van der Waals surface area contributed by atoms with E-state index in [-0.39, 0.29) is 23.2 Å². The van der Waals surface area contributed by atoms with Crippen molar-refractivity contribution in [3.05, 3.63) is 71.3 Å². The maximum atomic E-state index is 12.3. The number of nitrogens with one attached hydrogen (secondary N) is 1. The van der Waals surface area contributed by atoms with E-state index in [4.69, 9.17) is 4.74 Å². The van der Waals surface area contributed by atoms with Gasteiger partial charge in [-0.25, -0.2) is 0 Å². The summed E-state index contributed by atoms with van der Waals surface area (Å²) >= 11 is 1.62. The fourth-order valence-electron chi connectivity index (χ4n) is 3.08. The van der Waals surface area contributed by atoms with Crippen LogP contribution in [0.2, 0.25) is 0 Å². The van der Waals surface area contributed by atoms with Crippen molar-refractivity contribution in [1.29, 1.82) is 0 Å². The van der Waals surface area contributed by atoms with Gasteiger partial charge in [-0.3, -0.25) is 9.59 Å². The average molecular weight is 385 g/mol. The number of benzene rings is 2. The topological polar surface area (TPSA) is 58.6 Å². The van der Waals surface area contributed by atoms with E-state index >= 15 is 0 Å². The predicted octanol–water partition coefficient (Wildman–Crippen LogP) is 3.23. The van der Waals surface area contributed by atoms with Crippen molar-refractivity contribution in [2.45, 2.75) is 24.9 Å². The molecule has 0 aromatic heterocycles. The molecule has 0 unspecified atom stereocenters. The van der Waals surface area contributed by atoms with Crippen LogP contribution in [0.4, 0.5) is 0 Å². The number of rotatable bonds is 7. The van der Waals surface area contributed by atoms with Crippen LogP contribution >= 0.6 is 11.8 Å². The molecule has 0 aliphatic carbocycles. The lowest BCUT2D eigenvalue weighted by atomic mass is 10.1. The van der Waals surface area contributed by atoms with E-state index in [9.17, 15) is 9.59 Å². The van der Waals surface area contributed by atoms with Crippen molar-refractivity contribution < 1.29 is 14.3 Å². The fraction of sp³-hybridized carbons (Fsp3) is 0.333. The molecule has 1 N–H and O–H groups in total. The second-order valence-electron chi connectivity index (χ2n) is 6.62. The molecule has 1 fully saturated rings. The molecule has 1 aliphatic heterocycles. The number of nitrogens with zero attached hydrogens (tertiary/aromatic N) is 1. The standard InChI is InChI=1S/C21H24N2O3S/c1-15(13-26-2)22-20(25)17-8-10-18(11-9-17)21-23(19(24)14-27-21)12-16-6-4-3-5-7-16/h3-11,15,21H,12-14H2,1-2H3,(H,22,25)/t15-,21+/m0/s1. The molecule has 6 heteroatoms. The van der Waals surface area contributed by atoms with Gasteiger partial charge < -0.3 is 15.0 Å². The number of methoxy groups -OCH3 is 1. The smallest absolute Gasteiger partial charge is 0.251 e. The molecule has 1 saturated heterocycles. The molecular weight excluding hydrogens is 360 g/mol. The van der Waals surface area contributed by atoms with E-state index in [1.165, 1.54) is 0 Å². The van der Waals surface area contributed by atoms with Crippen molar-refractivity contribution in [3.8, 4) is 0 Å². The van der Waals surface area contributed by atoms with Crippen LogP contribution < -0.4 is 5.32 Å². The van der Waals surface area contributed by atoms with Gasteiger partial charge in [0, 0.05) is 25.3 Å². The Hall–Kier alpha value is -2.31. The van der Waals surface area contributed by atoms with Crippen LogP contribution in [0.5, 0.6) is 0 Å². The summed E-state index contributed by atoms with van der Waals surface area (Å²) in [6.45, 7) is 2.96. The highest BCUT2D eigenvalue weighted by Crippen LogP contribution is 2.39. The van der Waals surface area contributed by atoms with Crippen molar-refractivity contribution in [2.75, 3.05) is 19.5 Å². The molecule has 0 radical (unpaired) electrons. The lowest BCUT2D eigenvalue weighted by molar-refractivity contribution is -0.128. The molecule has 2 atom stereocenters. The molecule has 0 saturated carbocycles. The van der Waals surface area contributed by atoms with Gasteiger partial charge in [0.15, 0.2) is 0 Å². The Labute approximate surface area is 164 Å². The van der Waals surface area contributed by atoms with Crippen LogP contribution in [0.25, 0.3) is 0 Å². The van der Waals surface area contributed by atoms with E-state index < -0.39 is 0 Å². The van der Waals surface area contributed by atoms with Crippen molar-refractivity contribution in [3.63, 3.8) is 0 Å². The van der Waals surface area contributed by atoms with Crippen LogP contribution in [-0.4, -0.2) is 42.2 Å². The lowest BCUT2D eigenvalue weighted by Crippen LogP contribution is -2.35. The minimum atomic E-state index is -0.123. The highest BCUT2D eigenvalue weighted by atomic mass is 32.2. The zero-order valence-electron chi connectivity index (χ0n) is 15.6. The van der Waals surface area contributed by atoms with Crippen molar-refractivity contribution in [2.24, 2.45) is 0 Å². The van der Waals surface area contributed by atoms with Crippen LogP contribution in [-0.2, 0) is 16.1 Å². The van der Waals surface area contributed by atoms with Gasteiger partial charge in [-0.1, -0.05) is 42.5 Å². The normalized spacial score (nSPS) is 17.8. The minimum absolute atomic E-state index is 0.0257. The summed E-state index contributed by atoms with van der Waals surface area (Å²) in [5.74, 6) is 0.500. The SMILES string of the molecule is COC[C@H](C)NC(=O)c1ccc([C@H]2SCC(=O)N2Cc2ccccc2)cc1. The molecule has 2 aromatic rings. The summed E-state index contributed by atoms with van der Waals surface area (Å²) in [5, 5.41) is 2.88. The van der Waals surface area contributed by atoms with Crippen LogP contribution in [0.1, 0.15) is 33.8 Å². The van der Waals surface area contributed by atoms with E-state index in [2.05, 4.69) is 5.32 Å². The average Bonchev–Trinajstić information content (AvgIpc) is 3.03. The first-order valence-electron chi connectivity index (χ1n) is 8.93. The zero-order chi connectivity index (χ0) is 19.2. The number of carbonyl (C=O) groups is 2. The first kappa shape index (κ1) is 19.5. The second kappa shape index (κ2) is 9.06. The summed E-state index contributed by atoms with van der Waals surface area (Å²) in [5.41, 5.74) is 2.75. The second-order valence-corrected chi connectivity index (χ2v) is 7.69. The van der Waals surface area contributed by atoms with E-state index in [0.717, 1.165) is 11.1 Å². The summed E-state index contributed by atoms with van der Waals surface area (Å²) in [4.78, 5) is 26.5. The Morgan fingerprint density at radius 3 is 2.59 bits per heavy atom. The molecule has 1 aliphatic rings. The van der Waals surface area contributed by atoms with Crippen molar-refractivity contribution >= 4 is 23.6 Å². The van der Waals surface area contributed by atoms with Crippen LogP contribution in [0.15, 0.2) is 54.6 Å². The number of ether oxygens (including phenoxy) is 1. The summed E-state index contributed by atoms with van der Waals surface area (Å²) in [6.07, 6.45) is 0. The minimum Gasteiger partial charge on any atom is -0.383 e. The quantitative estimate of drug-likeness (QED) is 0.796. The van der Waals surface area contributed by atoms with E-state index in [1.54, 1.807) is 18.9 Å². The third-order valence-corrected chi connectivity index (χ3v) is 5.67. The molecule has 3 rings (SSSR count). The molecule has 0 spiro atoms. The first-order valence-corrected chi connectivity index (χ1v) is 9.98. The van der Waals surface area contributed by atoms with Crippen LogP contribution in [0.3, 0.4) is 0 Å². The lowest BCUT2D eigenvalue weighted by Gasteiger charge is -2.24. The summed E-state index contributed by atoms with van der Waals surface area (Å²) in [7, 11) is 1.61. The largest absolute Gasteiger partial charge is 0.383 e. The Kier molecular flexibility index (Phi) is 6.53. The fourth-order valence-corrected chi connectivity index (χ4v) is 4.27. The molecule has 2 aromatic carbocycles. The van der Waals surface area contributed by atoms with Gasteiger partial charge in [0.2, 0.25) is 5.91 Å². The third-order valence-electron chi connectivity index (χ3n) is 4.42. The van der Waals surface area contributed by atoms with E-state index in [1.807, 2.05) is 66.4 Å². The molecule has 27 heavy (non-hydrogen) atoms. The predicted molar refractivity (Wildman–Crippen MR) is 107 cm³/mol. The molecular formula is C21H24N2O3S. The summed E-state index contributed by atoms with van der Waals surface area (Å²) in [6, 6.07) is 17.4. The monoisotopic (exact) mass is 384 g/mol. The number of thioether (sulfide) groups is 1. The number of hydrogen-bond acceptors (Lipinski definition) is 4. The Balaban J connectivity index is 1.70. The highest BCUT2D eigenvalue weighted by Gasteiger charge is 2.32. The molecule has 0 bridgehead atoms. The van der Waals surface area contributed by atoms with E-state index in [0.29, 0.717) is 24.5 Å². The maximum Gasteiger partial charge on any atom is 0.251 e. The Morgan fingerprint density at radius 2 is 1.93 bits per heavy atom. The third kappa shape index (κ3) is 4.90. The maximum absolute atomic E-state index is 12.3. The van der Waals surface area contributed by atoms with Gasteiger partial charge in [0.05, 0.1) is 12.4 Å². The number of carbonyl (C=O) groups excluding carboxylic acids is 2. The Morgan fingerprint density at radius 1 is 1.22 bits per heavy atom. The zero-order valence-corrected chi connectivity index (χ0v) is 16.4. The number of hydrogen-bond donors (Lipinski definition) is 1. The van der Waals surface area contributed by atoms with Gasteiger partial charge in [-0.05, 0) is 30.2 Å². The molecule has 2 amide bonds. The molecule has 1 heterocycles. The van der Waals surface area contributed by atoms with Crippen LogP contribution in [0, 0.1) is 0 Å². The van der Waals surface area contributed by atoms with Gasteiger partial charge in [-0.15, -0.1) is 11.8 Å². The van der Waals surface area contributed by atoms with Crippen molar-refractivity contribution in [1.82, 2.24) is 10.2 Å².